The minimum absolute atomic E-state index is 0.0154. The summed E-state index contributed by atoms with van der Waals surface area (Å²) in [6, 6.07) is 5.37. The first-order valence-corrected chi connectivity index (χ1v) is 16.6. The highest BCUT2D eigenvalue weighted by Crippen LogP contribution is 2.23. The van der Waals surface area contributed by atoms with Crippen LogP contribution in [0.1, 0.15) is 73.8 Å². The second-order valence-electron chi connectivity index (χ2n) is 14.1. The number of anilines is 1. The third kappa shape index (κ3) is 12.6. The van der Waals surface area contributed by atoms with Gasteiger partial charge in [0.1, 0.15) is 17.7 Å². The molecule has 0 spiro atoms. The molecular weight excluding hydrogens is 622 g/mol. The lowest BCUT2D eigenvalue weighted by Crippen LogP contribution is -2.52. The Morgan fingerprint density at radius 3 is 1.81 bits per heavy atom. The summed E-state index contributed by atoms with van der Waals surface area (Å²) in [5.74, 6) is -3.75. The minimum Gasteiger partial charge on any atom is -0.479 e. The van der Waals surface area contributed by atoms with Crippen molar-refractivity contribution >= 4 is 35.6 Å². The van der Waals surface area contributed by atoms with E-state index in [-0.39, 0.29) is 31.1 Å². The number of hydrogen-bond donors (Lipinski definition) is 1. The molecule has 2 rings (SSSR count). The molecule has 2 amide bonds. The zero-order valence-electron chi connectivity index (χ0n) is 30.2. The number of rotatable bonds is 15. The van der Waals surface area contributed by atoms with Crippen LogP contribution in [-0.2, 0) is 44.5 Å². The zero-order chi connectivity index (χ0) is 36.3. The van der Waals surface area contributed by atoms with Crippen molar-refractivity contribution in [2.75, 3.05) is 45.3 Å². The summed E-state index contributed by atoms with van der Waals surface area (Å²) >= 11 is 0. The predicted octanol–water partition coefficient (Wildman–Crippen LogP) is 4.15. The zero-order valence-corrected chi connectivity index (χ0v) is 30.2. The van der Waals surface area contributed by atoms with Crippen molar-refractivity contribution < 1.29 is 48.0 Å². The number of hydrogen-bond acceptors (Lipinski definition) is 10. The van der Waals surface area contributed by atoms with E-state index >= 15 is 0 Å². The molecule has 1 aromatic rings. The molecule has 1 aliphatic rings. The molecule has 0 bridgehead atoms. The molecule has 1 aliphatic heterocycles. The normalized spacial score (nSPS) is 16.0. The van der Waals surface area contributed by atoms with Gasteiger partial charge >= 0.3 is 24.0 Å². The third-order valence-electron chi connectivity index (χ3n) is 7.81. The maximum Gasteiger partial charge on any atom is 0.410 e. The topological polar surface area (TPSA) is 152 Å². The van der Waals surface area contributed by atoms with Crippen LogP contribution in [0.5, 0.6) is 0 Å². The van der Waals surface area contributed by atoms with Crippen LogP contribution >= 0.6 is 0 Å². The molecule has 13 heteroatoms. The summed E-state index contributed by atoms with van der Waals surface area (Å²) < 4.78 is 22.1. The molecule has 4 atom stereocenters. The smallest absolute Gasteiger partial charge is 0.410 e. The molecule has 1 saturated heterocycles. The molecule has 0 aromatic heterocycles. The van der Waals surface area contributed by atoms with Gasteiger partial charge < -0.3 is 33.9 Å². The molecule has 0 unspecified atom stereocenters. The molecule has 48 heavy (non-hydrogen) atoms. The second kappa shape index (κ2) is 18.0. The molecule has 1 N–H and O–H groups in total. The fourth-order valence-corrected chi connectivity index (χ4v) is 5.14. The molecule has 0 saturated carbocycles. The Labute approximate surface area is 284 Å². The van der Waals surface area contributed by atoms with Crippen LogP contribution in [0.3, 0.4) is 0 Å². The van der Waals surface area contributed by atoms with E-state index in [0.29, 0.717) is 18.8 Å². The number of esters is 2. The number of carbonyl (C=O) groups excluding carboxylic acids is 4. The number of morpholine rings is 1. The molecule has 1 fully saturated rings. The molecule has 13 nitrogen and oxygen atoms in total. The lowest BCUT2D eigenvalue weighted by molar-refractivity contribution is -0.172. The summed E-state index contributed by atoms with van der Waals surface area (Å²) in [6.45, 7) is 16.7. The van der Waals surface area contributed by atoms with E-state index in [4.69, 9.17) is 18.9 Å². The van der Waals surface area contributed by atoms with Gasteiger partial charge in [-0.2, -0.15) is 0 Å². The van der Waals surface area contributed by atoms with Gasteiger partial charge in [-0.3, -0.25) is 9.69 Å². The largest absolute Gasteiger partial charge is 0.479 e. The van der Waals surface area contributed by atoms with E-state index in [1.165, 1.54) is 25.9 Å². The number of carbonyl (C=O) groups is 5. The first-order valence-electron chi connectivity index (χ1n) is 16.6. The summed E-state index contributed by atoms with van der Waals surface area (Å²) in [4.78, 5) is 70.1. The Balaban J connectivity index is 2.46. The number of aliphatic carboxylic acids is 1. The van der Waals surface area contributed by atoms with Crippen molar-refractivity contribution in [2.24, 2.45) is 11.8 Å². The third-order valence-corrected chi connectivity index (χ3v) is 7.81. The number of carboxylic acid groups (broad SMARTS) is 1. The first-order chi connectivity index (χ1) is 22.3. The van der Waals surface area contributed by atoms with E-state index < -0.39 is 59.8 Å². The van der Waals surface area contributed by atoms with Gasteiger partial charge in [-0.15, -0.1) is 0 Å². The number of benzene rings is 1. The van der Waals surface area contributed by atoms with Crippen LogP contribution in [0, 0.1) is 11.8 Å². The number of amides is 2. The van der Waals surface area contributed by atoms with Crippen molar-refractivity contribution in [1.29, 1.82) is 0 Å². The Hall–Kier alpha value is -3.87. The molecular formula is C35H55N3O10. The van der Waals surface area contributed by atoms with E-state index in [1.54, 1.807) is 20.8 Å². The Morgan fingerprint density at radius 2 is 1.33 bits per heavy atom. The highest BCUT2D eigenvalue weighted by Gasteiger charge is 2.39. The highest BCUT2D eigenvalue weighted by atomic mass is 16.6. The highest BCUT2D eigenvalue weighted by molar-refractivity contribution is 5.90. The average Bonchev–Trinajstić information content (AvgIpc) is 3.00. The van der Waals surface area contributed by atoms with Crippen LogP contribution in [-0.4, -0.2) is 115 Å². The van der Waals surface area contributed by atoms with E-state index in [0.717, 1.165) is 23.7 Å². The van der Waals surface area contributed by atoms with Gasteiger partial charge in [0.05, 0.1) is 13.2 Å². The number of nitrogens with zero attached hydrogens (tertiary/aromatic N) is 3. The predicted molar refractivity (Wildman–Crippen MR) is 180 cm³/mol. The van der Waals surface area contributed by atoms with Gasteiger partial charge in [-0.1, -0.05) is 39.8 Å². The Kier molecular flexibility index (Phi) is 15.2. The molecule has 0 radical (unpaired) electrons. The fourth-order valence-electron chi connectivity index (χ4n) is 5.14. The molecule has 270 valence electrons. The van der Waals surface area contributed by atoms with Crippen LogP contribution < -0.4 is 4.90 Å². The molecule has 1 heterocycles. The summed E-state index contributed by atoms with van der Waals surface area (Å²) in [5, 5.41) is 9.30. The quantitative estimate of drug-likeness (QED) is 0.211. The van der Waals surface area contributed by atoms with Crippen molar-refractivity contribution in [1.82, 2.24) is 9.80 Å². The number of likely N-dealkylation sites (N-methyl/N-ethyl adjacent to an activating group) is 2. The minimum atomic E-state index is -1.42. The van der Waals surface area contributed by atoms with E-state index in [1.807, 2.05) is 52.0 Å². The fraction of sp³-hybridized carbons (Fsp3) is 0.686. The summed E-state index contributed by atoms with van der Waals surface area (Å²) in [7, 11) is 2.86. The summed E-state index contributed by atoms with van der Waals surface area (Å²) in [5.41, 5.74) is 0.891. The Morgan fingerprint density at radius 1 is 0.833 bits per heavy atom. The van der Waals surface area contributed by atoms with Gasteiger partial charge in [-0.25, -0.2) is 19.2 Å². The van der Waals surface area contributed by atoms with Crippen LogP contribution in [0.4, 0.5) is 10.5 Å². The van der Waals surface area contributed by atoms with Crippen LogP contribution in [0.15, 0.2) is 24.3 Å². The lowest BCUT2D eigenvalue weighted by atomic mass is 10.0. The summed E-state index contributed by atoms with van der Waals surface area (Å²) in [6.07, 6.45) is -3.10. The van der Waals surface area contributed by atoms with Crippen molar-refractivity contribution in [3.05, 3.63) is 29.8 Å². The van der Waals surface area contributed by atoms with Crippen molar-refractivity contribution in [2.45, 2.75) is 105 Å². The van der Waals surface area contributed by atoms with E-state index in [9.17, 15) is 29.1 Å². The SMILES string of the molecule is CC(C)C[C@@H](C(=O)O[C@H](Cc1ccc(N2CCOCC2)cc1)C(=O)N(C)[C@@H](CC(C)C)C(=O)O[C@H](C)C(=O)O)N(C)C(=O)OC(C)(C)C. The van der Waals surface area contributed by atoms with Crippen molar-refractivity contribution in [3.8, 4) is 0 Å². The van der Waals surface area contributed by atoms with Crippen molar-refractivity contribution in [3.63, 3.8) is 0 Å². The van der Waals surface area contributed by atoms with Gasteiger partial charge in [0.2, 0.25) is 0 Å². The van der Waals surface area contributed by atoms with E-state index in [2.05, 4.69) is 4.90 Å². The Bertz CT molecular complexity index is 1240. The van der Waals surface area contributed by atoms with Gasteiger partial charge in [0.15, 0.2) is 12.2 Å². The maximum atomic E-state index is 14.2. The van der Waals surface area contributed by atoms with Gasteiger partial charge in [-0.05, 0) is 70.1 Å². The standard InChI is InChI=1S/C35H55N3O10/c1-22(2)19-27(32(42)46-24(5)31(40)41)36(9)30(39)29(21-25-11-13-26(14-12-25)38-15-17-45-18-16-38)47-33(43)28(20-23(3)4)37(10)34(44)48-35(6,7)8/h11-14,22-24,27-29H,15-21H2,1-10H3,(H,40,41)/t24-,27+,28+,29-/m1/s1. The first kappa shape index (κ1) is 40.3. The van der Waals surface area contributed by atoms with Crippen LogP contribution in [0.25, 0.3) is 0 Å². The monoisotopic (exact) mass is 677 g/mol. The lowest BCUT2D eigenvalue weighted by Gasteiger charge is -2.33. The average molecular weight is 678 g/mol. The maximum absolute atomic E-state index is 14.2. The van der Waals surface area contributed by atoms with Gasteiger partial charge in [0.25, 0.3) is 5.91 Å². The molecule has 0 aliphatic carbocycles. The molecule has 1 aromatic carbocycles. The number of carboxylic acids is 1. The second-order valence-corrected chi connectivity index (χ2v) is 14.1. The van der Waals surface area contributed by atoms with Crippen LogP contribution in [0.2, 0.25) is 0 Å². The van der Waals surface area contributed by atoms with Gasteiger partial charge in [0, 0.05) is 39.3 Å². The number of ether oxygens (including phenoxy) is 4.